The molecule has 6 nitrogen and oxygen atoms in total. The maximum atomic E-state index is 12.8. The average molecular weight is 403 g/mol. The van der Waals surface area contributed by atoms with Crippen molar-refractivity contribution in [3.05, 3.63) is 65.0 Å². The van der Waals surface area contributed by atoms with E-state index in [1.807, 2.05) is 24.4 Å². The summed E-state index contributed by atoms with van der Waals surface area (Å²) < 4.78 is 12.9. The second kappa shape index (κ2) is 5.91. The molecule has 30 heavy (non-hydrogen) atoms. The molecule has 6 heteroatoms. The maximum Gasteiger partial charge on any atom is 0.296 e. The van der Waals surface area contributed by atoms with Crippen molar-refractivity contribution in [2.24, 2.45) is 4.99 Å². The van der Waals surface area contributed by atoms with E-state index in [0.29, 0.717) is 18.9 Å². The Bertz CT molecular complexity index is 1060. The molecule has 1 amide bonds. The molecule has 1 aliphatic carbocycles. The highest BCUT2D eigenvalue weighted by atomic mass is 16.5. The minimum Gasteiger partial charge on any atom is -0.447 e. The van der Waals surface area contributed by atoms with Gasteiger partial charge in [0.05, 0.1) is 11.3 Å². The van der Waals surface area contributed by atoms with Gasteiger partial charge in [0.25, 0.3) is 11.9 Å². The van der Waals surface area contributed by atoms with Crippen molar-refractivity contribution >= 4 is 11.9 Å². The fraction of sp³-hybridized carbons (Fsp3) is 0.458. The van der Waals surface area contributed by atoms with Gasteiger partial charge in [0.15, 0.2) is 0 Å². The highest BCUT2D eigenvalue weighted by Crippen LogP contribution is 2.51. The number of likely N-dealkylation sites (tertiary alicyclic amines) is 1. The number of hydrogen-bond donors (Lipinski definition) is 0. The third-order valence-electron chi connectivity index (χ3n) is 7.12. The molecule has 4 heterocycles. The van der Waals surface area contributed by atoms with Gasteiger partial charge < -0.3 is 14.4 Å². The number of aliphatic imine (C=N–C) groups is 1. The van der Waals surface area contributed by atoms with E-state index in [0.717, 1.165) is 31.6 Å². The van der Waals surface area contributed by atoms with Crippen molar-refractivity contribution in [3.8, 4) is 0 Å². The smallest absolute Gasteiger partial charge is 0.296 e. The first-order valence-corrected chi connectivity index (χ1v) is 10.7. The van der Waals surface area contributed by atoms with Gasteiger partial charge in [-0.25, -0.2) is 0 Å². The SMILES string of the molecule is CC1(C)OC2(CCN(C3=NC(=O)C4(Cc5ccccc5C4)O3)CC2)c2ncccc21. The molecule has 6 rings (SSSR count). The fourth-order valence-corrected chi connectivity index (χ4v) is 5.61. The molecule has 1 saturated heterocycles. The van der Waals surface area contributed by atoms with E-state index in [-0.39, 0.29) is 17.1 Å². The van der Waals surface area contributed by atoms with E-state index in [1.165, 1.54) is 16.7 Å². The number of rotatable bonds is 0. The molecule has 4 aliphatic rings. The summed E-state index contributed by atoms with van der Waals surface area (Å²) in [6.07, 6.45) is 4.64. The molecular weight excluding hydrogens is 378 g/mol. The van der Waals surface area contributed by atoms with Gasteiger partial charge in [-0.3, -0.25) is 9.78 Å². The van der Waals surface area contributed by atoms with Crippen molar-refractivity contribution in [2.75, 3.05) is 13.1 Å². The van der Waals surface area contributed by atoms with Crippen LogP contribution in [0, 0.1) is 0 Å². The van der Waals surface area contributed by atoms with Crippen molar-refractivity contribution in [2.45, 2.75) is 56.3 Å². The molecule has 2 spiro atoms. The summed E-state index contributed by atoms with van der Waals surface area (Å²) in [6.45, 7) is 5.67. The van der Waals surface area contributed by atoms with E-state index >= 15 is 0 Å². The Balaban J connectivity index is 1.20. The zero-order chi connectivity index (χ0) is 20.6. The lowest BCUT2D eigenvalue weighted by Gasteiger charge is -2.40. The number of carbonyl (C=O) groups is 1. The molecule has 0 saturated carbocycles. The summed E-state index contributed by atoms with van der Waals surface area (Å²) >= 11 is 0. The van der Waals surface area contributed by atoms with Gasteiger partial charge in [-0.15, -0.1) is 0 Å². The van der Waals surface area contributed by atoms with Crippen molar-refractivity contribution in [1.82, 2.24) is 9.88 Å². The van der Waals surface area contributed by atoms with Crippen LogP contribution in [0.4, 0.5) is 0 Å². The summed E-state index contributed by atoms with van der Waals surface area (Å²) in [7, 11) is 0. The Kier molecular flexibility index (Phi) is 3.56. The molecule has 0 atom stereocenters. The minimum absolute atomic E-state index is 0.153. The van der Waals surface area contributed by atoms with Crippen LogP contribution in [0.25, 0.3) is 0 Å². The number of carbonyl (C=O) groups excluding carboxylic acids is 1. The Morgan fingerprint density at radius 3 is 2.37 bits per heavy atom. The molecule has 1 aromatic heterocycles. The van der Waals surface area contributed by atoms with Gasteiger partial charge in [-0.1, -0.05) is 30.3 Å². The highest BCUT2D eigenvalue weighted by molar-refractivity contribution is 6.02. The lowest BCUT2D eigenvalue weighted by Crippen LogP contribution is -2.48. The van der Waals surface area contributed by atoms with Gasteiger partial charge in [-0.05, 0) is 43.9 Å². The molecule has 154 valence electrons. The molecule has 0 bridgehead atoms. The Hall–Kier alpha value is -2.73. The number of benzene rings is 1. The third-order valence-corrected chi connectivity index (χ3v) is 7.12. The lowest BCUT2D eigenvalue weighted by atomic mass is 9.86. The minimum atomic E-state index is -0.853. The molecule has 0 N–H and O–H groups in total. The highest BCUT2D eigenvalue weighted by Gasteiger charge is 2.54. The number of amides is 1. The van der Waals surface area contributed by atoms with Gasteiger partial charge in [0.1, 0.15) is 5.60 Å². The number of nitrogens with zero attached hydrogens (tertiary/aromatic N) is 3. The maximum absolute atomic E-state index is 12.8. The fourth-order valence-electron chi connectivity index (χ4n) is 5.61. The number of piperidine rings is 1. The Labute approximate surface area is 175 Å². The number of ether oxygens (including phenoxy) is 2. The normalized spacial score (nSPS) is 24.7. The van der Waals surface area contributed by atoms with Gasteiger partial charge in [-0.2, -0.15) is 4.99 Å². The van der Waals surface area contributed by atoms with Gasteiger partial charge in [0.2, 0.25) is 5.60 Å². The molecule has 1 aromatic carbocycles. The molecule has 0 radical (unpaired) electrons. The van der Waals surface area contributed by atoms with Crippen LogP contribution in [0.3, 0.4) is 0 Å². The molecule has 0 unspecified atom stereocenters. The summed E-state index contributed by atoms with van der Waals surface area (Å²) in [5.74, 6) is -0.153. The second-order valence-electron chi connectivity index (χ2n) is 9.41. The topological polar surface area (TPSA) is 64.0 Å². The zero-order valence-electron chi connectivity index (χ0n) is 17.4. The molecular formula is C24H25N3O3. The lowest BCUT2D eigenvalue weighted by molar-refractivity contribution is -0.148. The molecule has 1 fully saturated rings. The monoisotopic (exact) mass is 403 g/mol. The van der Waals surface area contributed by atoms with Crippen LogP contribution < -0.4 is 0 Å². The second-order valence-corrected chi connectivity index (χ2v) is 9.41. The summed E-state index contributed by atoms with van der Waals surface area (Å²) in [5.41, 5.74) is 3.03. The number of hydrogen-bond acceptors (Lipinski definition) is 5. The summed E-state index contributed by atoms with van der Waals surface area (Å²) in [6, 6.07) is 12.7. The predicted molar refractivity (Wildman–Crippen MR) is 111 cm³/mol. The molecule has 2 aromatic rings. The van der Waals surface area contributed by atoms with E-state index in [4.69, 9.17) is 9.47 Å². The van der Waals surface area contributed by atoms with E-state index in [2.05, 4.69) is 46.9 Å². The van der Waals surface area contributed by atoms with Crippen LogP contribution in [0.15, 0.2) is 47.6 Å². The van der Waals surface area contributed by atoms with Crippen LogP contribution in [0.5, 0.6) is 0 Å². The third kappa shape index (κ3) is 2.43. The predicted octanol–water partition coefficient (Wildman–Crippen LogP) is 3.09. The van der Waals surface area contributed by atoms with Gasteiger partial charge >= 0.3 is 0 Å². The van der Waals surface area contributed by atoms with Crippen molar-refractivity contribution < 1.29 is 14.3 Å². The Morgan fingerprint density at radius 2 is 1.67 bits per heavy atom. The quantitative estimate of drug-likeness (QED) is 0.676. The first-order chi connectivity index (χ1) is 14.4. The summed E-state index contributed by atoms with van der Waals surface area (Å²) in [4.78, 5) is 24.0. The van der Waals surface area contributed by atoms with Crippen LogP contribution in [0.1, 0.15) is 49.1 Å². The average Bonchev–Trinajstić information content (AvgIpc) is 3.34. The first-order valence-electron chi connectivity index (χ1n) is 10.7. The van der Waals surface area contributed by atoms with Crippen LogP contribution in [-0.4, -0.2) is 40.5 Å². The summed E-state index contributed by atoms with van der Waals surface area (Å²) in [5, 5.41) is 0. The van der Waals surface area contributed by atoms with Gasteiger partial charge in [0, 0.05) is 37.7 Å². The number of fused-ring (bicyclic) bond motifs is 3. The van der Waals surface area contributed by atoms with Crippen molar-refractivity contribution in [3.63, 3.8) is 0 Å². The van der Waals surface area contributed by atoms with E-state index < -0.39 is 5.60 Å². The standard InChI is InChI=1S/C24H25N3O3/c1-22(2)18-8-5-11-25-19(18)23(30-22)9-12-27(13-10-23)21-26-20(28)24(29-21)14-16-6-3-4-7-17(16)15-24/h3-8,11H,9-10,12-15H2,1-2H3. The number of amidine groups is 1. The van der Waals surface area contributed by atoms with Crippen LogP contribution >= 0.6 is 0 Å². The van der Waals surface area contributed by atoms with E-state index in [9.17, 15) is 4.79 Å². The number of aromatic nitrogens is 1. The number of pyridine rings is 1. The van der Waals surface area contributed by atoms with Crippen molar-refractivity contribution in [1.29, 1.82) is 0 Å². The van der Waals surface area contributed by atoms with Crippen LogP contribution in [-0.2, 0) is 38.3 Å². The van der Waals surface area contributed by atoms with Crippen LogP contribution in [0.2, 0.25) is 0 Å². The first kappa shape index (κ1) is 18.1. The molecule has 3 aliphatic heterocycles. The zero-order valence-corrected chi connectivity index (χ0v) is 17.4. The van der Waals surface area contributed by atoms with E-state index in [1.54, 1.807) is 0 Å². The Morgan fingerprint density at radius 1 is 0.967 bits per heavy atom. The largest absolute Gasteiger partial charge is 0.447 e.